The van der Waals surface area contributed by atoms with Crippen LogP contribution in [0, 0.1) is 6.92 Å². The van der Waals surface area contributed by atoms with Crippen LogP contribution < -0.4 is 5.32 Å². The molecule has 0 saturated heterocycles. The first-order valence-electron chi connectivity index (χ1n) is 6.66. The smallest absolute Gasteiger partial charge is 0.131 e. The fourth-order valence-electron chi connectivity index (χ4n) is 2.63. The predicted molar refractivity (Wildman–Crippen MR) is 79.8 cm³/mol. The van der Waals surface area contributed by atoms with E-state index >= 15 is 0 Å². The fraction of sp³-hybridized carbons (Fsp3) is 0.312. The second-order valence-electron chi connectivity index (χ2n) is 5.27. The SMILES string of the molecule is Cc1cccc(C2CC(Nc3cccc(Cl)n3)C2)c1. The molecule has 1 aliphatic carbocycles. The fourth-order valence-corrected chi connectivity index (χ4v) is 2.79. The van der Waals surface area contributed by atoms with E-state index in [4.69, 9.17) is 11.6 Å². The molecule has 0 unspecified atom stereocenters. The summed E-state index contributed by atoms with van der Waals surface area (Å²) in [6.45, 7) is 2.15. The average molecular weight is 273 g/mol. The Balaban J connectivity index is 1.58. The third-order valence-corrected chi connectivity index (χ3v) is 3.93. The van der Waals surface area contributed by atoms with E-state index in [1.54, 1.807) is 6.07 Å². The highest BCUT2D eigenvalue weighted by atomic mass is 35.5. The topological polar surface area (TPSA) is 24.9 Å². The zero-order chi connectivity index (χ0) is 13.2. The average Bonchev–Trinajstić information content (AvgIpc) is 2.33. The molecule has 1 heterocycles. The van der Waals surface area contributed by atoms with Gasteiger partial charge in [0.25, 0.3) is 0 Å². The van der Waals surface area contributed by atoms with Crippen molar-refractivity contribution in [3.63, 3.8) is 0 Å². The number of hydrogen-bond acceptors (Lipinski definition) is 2. The Bertz CT molecular complexity index is 576. The summed E-state index contributed by atoms with van der Waals surface area (Å²) in [5.74, 6) is 1.55. The van der Waals surface area contributed by atoms with Gasteiger partial charge in [-0.2, -0.15) is 0 Å². The van der Waals surface area contributed by atoms with Gasteiger partial charge in [-0.3, -0.25) is 0 Å². The lowest BCUT2D eigenvalue weighted by atomic mass is 9.75. The van der Waals surface area contributed by atoms with Crippen LogP contribution in [0.15, 0.2) is 42.5 Å². The highest BCUT2D eigenvalue weighted by molar-refractivity contribution is 6.29. The summed E-state index contributed by atoms with van der Waals surface area (Å²) >= 11 is 5.88. The first-order chi connectivity index (χ1) is 9.20. The van der Waals surface area contributed by atoms with Crippen LogP contribution >= 0.6 is 11.6 Å². The van der Waals surface area contributed by atoms with Gasteiger partial charge in [-0.1, -0.05) is 47.5 Å². The van der Waals surface area contributed by atoms with E-state index in [-0.39, 0.29) is 0 Å². The van der Waals surface area contributed by atoms with Gasteiger partial charge in [0.2, 0.25) is 0 Å². The maximum Gasteiger partial charge on any atom is 0.131 e. The molecule has 3 rings (SSSR count). The van der Waals surface area contributed by atoms with Crippen molar-refractivity contribution in [2.24, 2.45) is 0 Å². The number of halogens is 1. The summed E-state index contributed by atoms with van der Waals surface area (Å²) in [5, 5.41) is 3.98. The van der Waals surface area contributed by atoms with Crippen molar-refractivity contribution in [3.05, 3.63) is 58.7 Å². The molecule has 1 saturated carbocycles. The number of rotatable bonds is 3. The van der Waals surface area contributed by atoms with Crippen LogP contribution in [0.3, 0.4) is 0 Å². The number of nitrogens with zero attached hydrogens (tertiary/aromatic N) is 1. The summed E-state index contributed by atoms with van der Waals surface area (Å²) < 4.78 is 0. The standard InChI is InChI=1S/C16H17ClN2/c1-11-4-2-5-12(8-11)13-9-14(10-13)18-16-7-3-6-15(17)19-16/h2-8,13-14H,9-10H2,1H3,(H,18,19). The Kier molecular flexibility index (Phi) is 3.43. The zero-order valence-corrected chi connectivity index (χ0v) is 11.7. The van der Waals surface area contributed by atoms with Gasteiger partial charge in [0.15, 0.2) is 0 Å². The molecule has 2 aromatic rings. The van der Waals surface area contributed by atoms with Crippen LogP contribution in [0.4, 0.5) is 5.82 Å². The number of hydrogen-bond donors (Lipinski definition) is 1. The van der Waals surface area contributed by atoms with E-state index in [1.807, 2.05) is 12.1 Å². The Hall–Kier alpha value is -1.54. The van der Waals surface area contributed by atoms with E-state index < -0.39 is 0 Å². The molecule has 1 aliphatic rings. The monoisotopic (exact) mass is 272 g/mol. The summed E-state index contributed by atoms with van der Waals surface area (Å²) in [6.07, 6.45) is 2.33. The maximum absolute atomic E-state index is 5.88. The highest BCUT2D eigenvalue weighted by Crippen LogP contribution is 2.38. The van der Waals surface area contributed by atoms with Crippen molar-refractivity contribution in [1.82, 2.24) is 4.98 Å². The molecular weight excluding hydrogens is 256 g/mol. The van der Waals surface area contributed by atoms with Crippen molar-refractivity contribution in [2.45, 2.75) is 31.7 Å². The molecule has 2 nitrogen and oxygen atoms in total. The minimum atomic E-state index is 0.511. The molecule has 1 N–H and O–H groups in total. The molecule has 0 spiro atoms. The van der Waals surface area contributed by atoms with Crippen LogP contribution in [0.25, 0.3) is 0 Å². The number of aryl methyl sites for hydroxylation is 1. The molecule has 0 bridgehead atoms. The van der Waals surface area contributed by atoms with E-state index in [2.05, 4.69) is 41.5 Å². The molecular formula is C16H17ClN2. The molecule has 1 aromatic heterocycles. The molecule has 98 valence electrons. The number of benzene rings is 1. The first-order valence-corrected chi connectivity index (χ1v) is 7.04. The number of anilines is 1. The van der Waals surface area contributed by atoms with Gasteiger partial charge in [-0.25, -0.2) is 4.98 Å². The normalized spacial score (nSPS) is 21.8. The maximum atomic E-state index is 5.88. The van der Waals surface area contributed by atoms with Crippen LogP contribution in [0.5, 0.6) is 0 Å². The van der Waals surface area contributed by atoms with Crippen molar-refractivity contribution >= 4 is 17.4 Å². The third kappa shape index (κ3) is 2.90. The lowest BCUT2D eigenvalue weighted by molar-refractivity contribution is 0.373. The minimum Gasteiger partial charge on any atom is -0.367 e. The van der Waals surface area contributed by atoms with E-state index in [0.29, 0.717) is 17.1 Å². The lowest BCUT2D eigenvalue weighted by Gasteiger charge is -2.36. The van der Waals surface area contributed by atoms with Gasteiger partial charge >= 0.3 is 0 Å². The highest BCUT2D eigenvalue weighted by Gasteiger charge is 2.30. The van der Waals surface area contributed by atoms with Crippen molar-refractivity contribution in [2.75, 3.05) is 5.32 Å². The van der Waals surface area contributed by atoms with E-state index in [0.717, 1.165) is 18.7 Å². The van der Waals surface area contributed by atoms with Gasteiger partial charge in [-0.05, 0) is 43.4 Å². The predicted octanol–water partition coefficient (Wildman–Crippen LogP) is 4.40. The second-order valence-corrected chi connectivity index (χ2v) is 5.66. The first kappa shape index (κ1) is 12.5. The summed E-state index contributed by atoms with van der Waals surface area (Å²) in [6, 6.07) is 15.0. The Morgan fingerprint density at radius 1 is 1.16 bits per heavy atom. The summed E-state index contributed by atoms with van der Waals surface area (Å²) in [7, 11) is 0. The van der Waals surface area contributed by atoms with Crippen LogP contribution in [-0.2, 0) is 0 Å². The van der Waals surface area contributed by atoms with Gasteiger partial charge in [0.05, 0.1) is 0 Å². The van der Waals surface area contributed by atoms with Gasteiger partial charge in [0.1, 0.15) is 11.0 Å². The molecule has 0 aliphatic heterocycles. The summed E-state index contributed by atoms with van der Waals surface area (Å²) in [5.41, 5.74) is 2.79. The summed E-state index contributed by atoms with van der Waals surface area (Å²) in [4.78, 5) is 4.26. The van der Waals surface area contributed by atoms with Crippen LogP contribution in [0.2, 0.25) is 5.15 Å². The van der Waals surface area contributed by atoms with E-state index in [9.17, 15) is 0 Å². The zero-order valence-electron chi connectivity index (χ0n) is 10.9. The number of nitrogens with one attached hydrogen (secondary N) is 1. The van der Waals surface area contributed by atoms with Crippen LogP contribution in [0.1, 0.15) is 29.9 Å². The van der Waals surface area contributed by atoms with Gasteiger partial charge in [0, 0.05) is 6.04 Å². The molecule has 0 radical (unpaired) electrons. The van der Waals surface area contributed by atoms with Crippen molar-refractivity contribution in [3.8, 4) is 0 Å². The number of aromatic nitrogens is 1. The number of pyridine rings is 1. The molecule has 1 fully saturated rings. The Morgan fingerprint density at radius 3 is 2.68 bits per heavy atom. The van der Waals surface area contributed by atoms with E-state index in [1.165, 1.54) is 11.1 Å². The quantitative estimate of drug-likeness (QED) is 0.838. The Morgan fingerprint density at radius 2 is 1.95 bits per heavy atom. The van der Waals surface area contributed by atoms with Crippen LogP contribution in [-0.4, -0.2) is 11.0 Å². The molecule has 0 atom stereocenters. The van der Waals surface area contributed by atoms with Crippen molar-refractivity contribution in [1.29, 1.82) is 0 Å². The Labute approximate surface area is 118 Å². The molecule has 1 aromatic carbocycles. The van der Waals surface area contributed by atoms with Gasteiger partial charge in [-0.15, -0.1) is 0 Å². The van der Waals surface area contributed by atoms with Gasteiger partial charge < -0.3 is 5.32 Å². The minimum absolute atomic E-state index is 0.511. The molecule has 19 heavy (non-hydrogen) atoms. The second kappa shape index (κ2) is 5.22. The molecule has 0 amide bonds. The largest absolute Gasteiger partial charge is 0.367 e. The van der Waals surface area contributed by atoms with Crippen molar-refractivity contribution < 1.29 is 0 Å². The molecule has 3 heteroatoms. The lowest BCUT2D eigenvalue weighted by Crippen LogP contribution is -2.34. The third-order valence-electron chi connectivity index (χ3n) is 3.72.